The summed E-state index contributed by atoms with van der Waals surface area (Å²) in [7, 11) is 0. The molecule has 1 aromatic carbocycles. The van der Waals surface area contributed by atoms with Gasteiger partial charge in [0.15, 0.2) is 0 Å². The highest BCUT2D eigenvalue weighted by Crippen LogP contribution is 2.49. The van der Waals surface area contributed by atoms with Crippen molar-refractivity contribution in [3.8, 4) is 5.75 Å². The first kappa shape index (κ1) is 9.21. The molecule has 1 N–H and O–H groups in total. The van der Waals surface area contributed by atoms with Gasteiger partial charge in [-0.25, -0.2) is 0 Å². The van der Waals surface area contributed by atoms with E-state index in [4.69, 9.17) is 4.74 Å². The first-order valence-electron chi connectivity index (χ1n) is 4.94. The van der Waals surface area contributed by atoms with Crippen LogP contribution in [-0.4, -0.2) is 17.9 Å². The van der Waals surface area contributed by atoms with Crippen LogP contribution in [0.2, 0.25) is 0 Å². The van der Waals surface area contributed by atoms with Crippen molar-refractivity contribution in [3.05, 3.63) is 22.7 Å². The third-order valence-corrected chi connectivity index (χ3v) is 3.50. The number of carbonyl (C=O) groups excluding carboxylic acids is 1. The minimum atomic E-state index is -0.261. The average molecular weight is 268 g/mol. The first-order valence-corrected chi connectivity index (χ1v) is 5.73. The molecule has 1 aromatic rings. The van der Waals surface area contributed by atoms with Crippen LogP contribution < -0.4 is 10.1 Å². The van der Waals surface area contributed by atoms with Crippen LogP contribution in [0.15, 0.2) is 22.7 Å². The number of hydrogen-bond acceptors (Lipinski definition) is 3. The molecule has 3 nitrogen and oxygen atoms in total. The molecule has 1 aliphatic carbocycles. The molecule has 1 saturated carbocycles. The molecule has 1 fully saturated rings. The van der Waals surface area contributed by atoms with Gasteiger partial charge >= 0.3 is 0 Å². The van der Waals surface area contributed by atoms with Crippen molar-refractivity contribution in [2.45, 2.75) is 24.5 Å². The number of nitrogens with one attached hydrogen (secondary N) is 1. The molecule has 1 aliphatic heterocycles. The molecule has 0 aromatic heterocycles. The van der Waals surface area contributed by atoms with E-state index in [1.54, 1.807) is 0 Å². The minimum absolute atomic E-state index is 0.209. The number of aldehydes is 1. The van der Waals surface area contributed by atoms with Gasteiger partial charge in [-0.2, -0.15) is 0 Å². The monoisotopic (exact) mass is 267 g/mol. The number of ether oxygens (including phenoxy) is 1. The Morgan fingerprint density at radius 1 is 1.53 bits per heavy atom. The lowest BCUT2D eigenvalue weighted by molar-refractivity contribution is -0.110. The van der Waals surface area contributed by atoms with E-state index in [0.717, 1.165) is 35.0 Å². The molecule has 4 heteroatoms. The van der Waals surface area contributed by atoms with Crippen molar-refractivity contribution < 1.29 is 9.53 Å². The van der Waals surface area contributed by atoms with Crippen molar-refractivity contribution in [1.29, 1.82) is 0 Å². The van der Waals surface area contributed by atoms with Crippen LogP contribution in [0.1, 0.15) is 12.8 Å². The van der Waals surface area contributed by atoms with E-state index < -0.39 is 0 Å². The van der Waals surface area contributed by atoms with Gasteiger partial charge in [0, 0.05) is 4.47 Å². The molecule has 0 saturated heterocycles. The summed E-state index contributed by atoms with van der Waals surface area (Å²) in [6, 6.07) is 5.59. The Morgan fingerprint density at radius 2 is 2.33 bits per heavy atom. The number of rotatable bonds is 1. The van der Waals surface area contributed by atoms with Crippen LogP contribution in [0.3, 0.4) is 0 Å². The molecule has 1 unspecified atom stereocenters. The summed E-state index contributed by atoms with van der Waals surface area (Å²) in [4.78, 5) is 11.0. The Hall–Kier alpha value is -1.03. The van der Waals surface area contributed by atoms with E-state index in [1.807, 2.05) is 18.2 Å². The predicted octanol–water partition coefficient (Wildman–Crippen LogP) is 2.35. The summed E-state index contributed by atoms with van der Waals surface area (Å²) in [6.07, 6.45) is 2.86. The summed E-state index contributed by atoms with van der Waals surface area (Å²) in [5.41, 5.74) is 0.627. The summed E-state index contributed by atoms with van der Waals surface area (Å²) in [5.74, 6) is 0.841. The summed E-state index contributed by atoms with van der Waals surface area (Å²) in [6.45, 7) is 0. The molecule has 0 radical (unpaired) electrons. The second-order valence-electron chi connectivity index (χ2n) is 4.07. The summed E-state index contributed by atoms with van der Waals surface area (Å²) >= 11 is 3.39. The van der Waals surface area contributed by atoms with Gasteiger partial charge in [0.25, 0.3) is 0 Å². The molecular formula is C11H10BrNO2. The van der Waals surface area contributed by atoms with E-state index in [1.165, 1.54) is 0 Å². The standard InChI is InChI=1S/C11H10BrNO2/c12-7-1-2-9-8(5-7)13-10(6-14)11(15-9)3-4-11/h1-2,5-6,10,13H,3-4H2. The molecule has 78 valence electrons. The van der Waals surface area contributed by atoms with E-state index in [9.17, 15) is 4.79 Å². The fourth-order valence-corrected chi connectivity index (χ4v) is 2.34. The highest BCUT2D eigenvalue weighted by Gasteiger charge is 2.54. The summed E-state index contributed by atoms with van der Waals surface area (Å²) < 4.78 is 6.85. The number of anilines is 1. The third-order valence-electron chi connectivity index (χ3n) is 3.01. The zero-order valence-electron chi connectivity index (χ0n) is 8.00. The molecule has 15 heavy (non-hydrogen) atoms. The Labute approximate surface area is 95.9 Å². The largest absolute Gasteiger partial charge is 0.482 e. The fourth-order valence-electron chi connectivity index (χ4n) is 1.98. The maximum atomic E-state index is 11.0. The third kappa shape index (κ3) is 1.35. The highest BCUT2D eigenvalue weighted by atomic mass is 79.9. The molecule has 3 rings (SSSR count). The van der Waals surface area contributed by atoms with Crippen LogP contribution in [0, 0.1) is 0 Å². The topological polar surface area (TPSA) is 38.3 Å². The second-order valence-corrected chi connectivity index (χ2v) is 4.98. The van der Waals surface area contributed by atoms with Crippen molar-refractivity contribution in [3.63, 3.8) is 0 Å². The van der Waals surface area contributed by atoms with Gasteiger partial charge in [-0.05, 0) is 31.0 Å². The number of halogens is 1. The minimum Gasteiger partial charge on any atom is -0.482 e. The SMILES string of the molecule is O=CC1Nc2cc(Br)ccc2OC12CC2. The Kier molecular flexibility index (Phi) is 1.83. The van der Waals surface area contributed by atoms with Crippen molar-refractivity contribution in [1.82, 2.24) is 0 Å². The molecule has 1 heterocycles. The van der Waals surface area contributed by atoms with Gasteiger partial charge < -0.3 is 14.8 Å². The van der Waals surface area contributed by atoms with Gasteiger partial charge in [-0.15, -0.1) is 0 Å². The van der Waals surface area contributed by atoms with E-state index in [2.05, 4.69) is 21.2 Å². The Morgan fingerprint density at radius 3 is 3.00 bits per heavy atom. The van der Waals surface area contributed by atoms with E-state index >= 15 is 0 Å². The van der Waals surface area contributed by atoms with Gasteiger partial charge in [0.05, 0.1) is 5.69 Å². The Balaban J connectivity index is 2.02. The quantitative estimate of drug-likeness (QED) is 0.794. The average Bonchev–Trinajstić information content (AvgIpc) is 2.98. The maximum absolute atomic E-state index is 11.0. The number of hydrogen-bond donors (Lipinski definition) is 1. The van der Waals surface area contributed by atoms with E-state index in [0.29, 0.717) is 0 Å². The smallest absolute Gasteiger partial charge is 0.146 e. The van der Waals surface area contributed by atoms with Crippen molar-refractivity contribution >= 4 is 27.9 Å². The molecule has 1 atom stereocenters. The molecule has 0 bridgehead atoms. The van der Waals surface area contributed by atoms with Crippen LogP contribution >= 0.6 is 15.9 Å². The lowest BCUT2D eigenvalue weighted by atomic mass is 10.1. The maximum Gasteiger partial charge on any atom is 0.146 e. The first-order chi connectivity index (χ1) is 7.23. The summed E-state index contributed by atoms with van der Waals surface area (Å²) in [5, 5.41) is 3.22. The van der Waals surface area contributed by atoms with Crippen LogP contribution in [0.25, 0.3) is 0 Å². The molecule has 0 amide bonds. The van der Waals surface area contributed by atoms with Crippen LogP contribution in [0.5, 0.6) is 5.75 Å². The number of fused-ring (bicyclic) bond motifs is 1. The van der Waals surface area contributed by atoms with Crippen molar-refractivity contribution in [2.24, 2.45) is 0 Å². The van der Waals surface area contributed by atoms with E-state index in [-0.39, 0.29) is 11.6 Å². The number of carbonyl (C=O) groups is 1. The van der Waals surface area contributed by atoms with Gasteiger partial charge in [0.2, 0.25) is 0 Å². The van der Waals surface area contributed by atoms with Gasteiger partial charge in [-0.3, -0.25) is 0 Å². The number of benzene rings is 1. The van der Waals surface area contributed by atoms with Crippen LogP contribution in [0.4, 0.5) is 5.69 Å². The van der Waals surface area contributed by atoms with Crippen molar-refractivity contribution in [2.75, 3.05) is 5.32 Å². The highest BCUT2D eigenvalue weighted by molar-refractivity contribution is 9.10. The van der Waals surface area contributed by atoms with Crippen LogP contribution in [-0.2, 0) is 4.79 Å². The Bertz CT molecular complexity index is 429. The zero-order chi connectivity index (χ0) is 10.5. The predicted molar refractivity (Wildman–Crippen MR) is 60.2 cm³/mol. The van der Waals surface area contributed by atoms with Gasteiger partial charge in [0.1, 0.15) is 23.7 Å². The molecule has 2 aliphatic rings. The molecular weight excluding hydrogens is 258 g/mol. The lowest BCUT2D eigenvalue weighted by Gasteiger charge is -2.32. The zero-order valence-corrected chi connectivity index (χ0v) is 9.58. The second kappa shape index (κ2) is 2.98. The lowest BCUT2D eigenvalue weighted by Crippen LogP contribution is -2.44. The fraction of sp³-hybridized carbons (Fsp3) is 0.364. The molecule has 1 spiro atoms. The van der Waals surface area contributed by atoms with Gasteiger partial charge in [-0.1, -0.05) is 15.9 Å². The normalized spacial score (nSPS) is 25.0.